The lowest BCUT2D eigenvalue weighted by Crippen LogP contribution is -2.23. The maximum Gasteiger partial charge on any atom is 0.273 e. The van der Waals surface area contributed by atoms with Gasteiger partial charge < -0.3 is 10.2 Å². The number of carbonyl (C=O) groups excluding carboxylic acids is 2. The number of fused-ring (bicyclic) bond motifs is 1. The third kappa shape index (κ3) is 4.05. The van der Waals surface area contributed by atoms with Crippen LogP contribution in [0.3, 0.4) is 0 Å². The molecule has 0 atom stereocenters. The second-order valence-electron chi connectivity index (χ2n) is 7.51. The average Bonchev–Trinajstić information content (AvgIpc) is 3.20. The second-order valence-corrected chi connectivity index (χ2v) is 7.51. The number of carbonyl (C=O) groups is 2. The minimum Gasteiger partial charge on any atom is -0.343 e. The summed E-state index contributed by atoms with van der Waals surface area (Å²) in [4.78, 5) is 34.6. The van der Waals surface area contributed by atoms with Gasteiger partial charge in [0.25, 0.3) is 11.8 Å². The highest BCUT2D eigenvalue weighted by Crippen LogP contribution is 2.26. The fourth-order valence-corrected chi connectivity index (χ4v) is 3.56. The first-order valence-corrected chi connectivity index (χ1v) is 9.68. The molecule has 2 amide bonds. The van der Waals surface area contributed by atoms with Crippen molar-refractivity contribution in [3.63, 3.8) is 0 Å². The molecule has 152 valence electrons. The molecule has 0 saturated heterocycles. The highest BCUT2D eigenvalue weighted by Gasteiger charge is 2.16. The number of nitrogens with one attached hydrogen (secondary N) is 1. The van der Waals surface area contributed by atoms with E-state index in [0.29, 0.717) is 16.9 Å². The van der Waals surface area contributed by atoms with Crippen molar-refractivity contribution in [2.45, 2.75) is 19.3 Å². The van der Waals surface area contributed by atoms with Crippen LogP contribution < -0.4 is 5.32 Å². The molecular formula is C23H21FN4O2. The van der Waals surface area contributed by atoms with Crippen LogP contribution in [0, 0.1) is 5.82 Å². The number of amides is 2. The number of hydrogen-bond acceptors (Lipinski definition) is 4. The number of halogens is 1. The van der Waals surface area contributed by atoms with Crippen LogP contribution in [0.1, 0.15) is 38.4 Å². The molecule has 1 N–H and O–H groups in total. The lowest BCUT2D eigenvalue weighted by molar-refractivity contribution is 0.0821. The van der Waals surface area contributed by atoms with Crippen LogP contribution in [0.15, 0.2) is 48.8 Å². The Morgan fingerprint density at radius 1 is 1.03 bits per heavy atom. The largest absolute Gasteiger partial charge is 0.343 e. The fourth-order valence-electron chi connectivity index (χ4n) is 3.56. The van der Waals surface area contributed by atoms with Gasteiger partial charge in [-0.1, -0.05) is 6.07 Å². The van der Waals surface area contributed by atoms with Gasteiger partial charge in [0.1, 0.15) is 11.5 Å². The van der Waals surface area contributed by atoms with E-state index in [1.54, 1.807) is 20.2 Å². The Kier molecular flexibility index (Phi) is 5.27. The Bertz CT molecular complexity index is 1140. The fraction of sp³-hybridized carbons (Fsp3) is 0.217. The Hall–Kier alpha value is -3.61. The summed E-state index contributed by atoms with van der Waals surface area (Å²) >= 11 is 0. The predicted octanol–water partition coefficient (Wildman–Crippen LogP) is 3.73. The van der Waals surface area contributed by atoms with Crippen molar-refractivity contribution in [2.75, 3.05) is 19.4 Å². The zero-order chi connectivity index (χ0) is 21.3. The molecule has 1 aliphatic rings. The van der Waals surface area contributed by atoms with E-state index in [9.17, 15) is 14.0 Å². The molecule has 1 heterocycles. The van der Waals surface area contributed by atoms with E-state index in [-0.39, 0.29) is 17.2 Å². The number of nitrogens with zero attached hydrogens (tertiary/aromatic N) is 3. The average molecular weight is 404 g/mol. The van der Waals surface area contributed by atoms with E-state index in [4.69, 9.17) is 0 Å². The molecule has 1 aliphatic carbocycles. The summed E-state index contributed by atoms with van der Waals surface area (Å²) in [7, 11) is 3.22. The van der Waals surface area contributed by atoms with Gasteiger partial charge in [-0.25, -0.2) is 9.37 Å². The SMILES string of the molecule is CN(C)C(=O)c1cncc(-c2cc(F)cc(C(=O)Nc3ccc4c(c3)CCC4)c2)n1. The van der Waals surface area contributed by atoms with E-state index in [1.165, 1.54) is 40.6 Å². The molecular weight excluding hydrogens is 383 g/mol. The zero-order valence-corrected chi connectivity index (χ0v) is 16.8. The van der Waals surface area contributed by atoms with Crippen LogP contribution in [0.2, 0.25) is 0 Å². The van der Waals surface area contributed by atoms with Crippen LogP contribution in [0.4, 0.5) is 10.1 Å². The standard InChI is InChI=1S/C23H21FN4O2/c1-28(2)23(30)21-13-25-12-20(27-21)16-8-17(10-18(24)9-16)22(29)26-19-7-6-14-4-3-5-15(14)11-19/h6-13H,3-5H2,1-2H3,(H,26,29). The number of hydrogen-bond donors (Lipinski definition) is 1. The van der Waals surface area contributed by atoms with Crippen molar-refractivity contribution in [1.29, 1.82) is 0 Å². The minimum absolute atomic E-state index is 0.144. The number of rotatable bonds is 4. The third-order valence-corrected chi connectivity index (χ3v) is 5.07. The second kappa shape index (κ2) is 8.02. The maximum absolute atomic E-state index is 14.3. The highest BCUT2D eigenvalue weighted by atomic mass is 19.1. The van der Waals surface area contributed by atoms with Gasteiger partial charge >= 0.3 is 0 Å². The monoisotopic (exact) mass is 404 g/mol. The molecule has 4 rings (SSSR count). The van der Waals surface area contributed by atoms with Crippen molar-refractivity contribution >= 4 is 17.5 Å². The number of benzene rings is 2. The van der Waals surface area contributed by atoms with Crippen molar-refractivity contribution in [1.82, 2.24) is 14.9 Å². The molecule has 30 heavy (non-hydrogen) atoms. The first kappa shape index (κ1) is 19.7. The van der Waals surface area contributed by atoms with Gasteiger partial charge in [0.05, 0.1) is 18.1 Å². The predicted molar refractivity (Wildman–Crippen MR) is 112 cm³/mol. The normalized spacial score (nSPS) is 12.4. The maximum atomic E-state index is 14.3. The van der Waals surface area contributed by atoms with Gasteiger partial charge in [-0.3, -0.25) is 14.6 Å². The molecule has 0 unspecified atom stereocenters. The van der Waals surface area contributed by atoms with Crippen molar-refractivity contribution in [3.8, 4) is 11.3 Å². The van der Waals surface area contributed by atoms with Gasteiger partial charge in [0.15, 0.2) is 0 Å². The van der Waals surface area contributed by atoms with Crippen LogP contribution in [-0.2, 0) is 12.8 Å². The summed E-state index contributed by atoms with van der Waals surface area (Å²) in [5.41, 5.74) is 4.23. The topological polar surface area (TPSA) is 75.2 Å². The molecule has 7 heteroatoms. The highest BCUT2D eigenvalue weighted by molar-refractivity contribution is 6.05. The lowest BCUT2D eigenvalue weighted by Gasteiger charge is -2.11. The van der Waals surface area contributed by atoms with Crippen LogP contribution in [0.5, 0.6) is 0 Å². The smallest absolute Gasteiger partial charge is 0.273 e. The van der Waals surface area contributed by atoms with Gasteiger partial charge in [-0.15, -0.1) is 0 Å². The van der Waals surface area contributed by atoms with E-state index < -0.39 is 11.7 Å². The van der Waals surface area contributed by atoms with Crippen molar-refractivity contribution in [2.24, 2.45) is 0 Å². The Balaban J connectivity index is 1.61. The van der Waals surface area contributed by atoms with Gasteiger partial charge in [0.2, 0.25) is 0 Å². The summed E-state index contributed by atoms with van der Waals surface area (Å²) in [6.07, 6.45) is 5.98. The van der Waals surface area contributed by atoms with Gasteiger partial charge in [0, 0.05) is 30.9 Å². The number of aryl methyl sites for hydroxylation is 2. The molecule has 0 fully saturated rings. The Morgan fingerprint density at radius 3 is 2.63 bits per heavy atom. The first-order chi connectivity index (χ1) is 14.4. The van der Waals surface area contributed by atoms with E-state index in [1.807, 2.05) is 18.2 Å². The van der Waals surface area contributed by atoms with E-state index >= 15 is 0 Å². The summed E-state index contributed by atoms with van der Waals surface area (Å²) in [5.74, 6) is -1.30. The van der Waals surface area contributed by atoms with Crippen molar-refractivity contribution < 1.29 is 14.0 Å². The molecule has 2 aromatic carbocycles. The molecule has 6 nitrogen and oxygen atoms in total. The Labute approximate surface area is 173 Å². The van der Waals surface area contributed by atoms with E-state index in [0.717, 1.165) is 19.3 Å². The molecule has 0 spiro atoms. The molecule has 1 aromatic heterocycles. The molecule has 0 bridgehead atoms. The third-order valence-electron chi connectivity index (χ3n) is 5.07. The summed E-state index contributed by atoms with van der Waals surface area (Å²) in [6.45, 7) is 0. The number of aromatic nitrogens is 2. The first-order valence-electron chi connectivity index (χ1n) is 9.68. The molecule has 0 radical (unpaired) electrons. The molecule has 0 saturated carbocycles. The van der Waals surface area contributed by atoms with E-state index in [2.05, 4.69) is 15.3 Å². The summed E-state index contributed by atoms with van der Waals surface area (Å²) in [6, 6.07) is 9.85. The van der Waals surface area contributed by atoms with Crippen LogP contribution in [0.25, 0.3) is 11.3 Å². The van der Waals surface area contributed by atoms with Crippen LogP contribution in [-0.4, -0.2) is 40.8 Å². The van der Waals surface area contributed by atoms with Crippen LogP contribution >= 0.6 is 0 Å². The molecule has 0 aliphatic heterocycles. The quantitative estimate of drug-likeness (QED) is 0.719. The van der Waals surface area contributed by atoms with Gasteiger partial charge in [-0.2, -0.15) is 0 Å². The number of anilines is 1. The summed E-state index contributed by atoms with van der Waals surface area (Å²) < 4.78 is 14.3. The zero-order valence-electron chi connectivity index (χ0n) is 16.8. The summed E-state index contributed by atoms with van der Waals surface area (Å²) in [5, 5.41) is 2.84. The molecule has 3 aromatic rings. The Morgan fingerprint density at radius 2 is 1.83 bits per heavy atom. The van der Waals surface area contributed by atoms with Gasteiger partial charge in [-0.05, 0) is 60.7 Å². The minimum atomic E-state index is -0.572. The van der Waals surface area contributed by atoms with Crippen molar-refractivity contribution in [3.05, 3.63) is 77.0 Å². The lowest BCUT2D eigenvalue weighted by atomic mass is 10.1.